The highest BCUT2D eigenvalue weighted by atomic mass is 32.3. The van der Waals surface area contributed by atoms with E-state index in [1.807, 2.05) is 6.07 Å². The molecule has 0 bridgehead atoms. The summed E-state index contributed by atoms with van der Waals surface area (Å²) in [4.78, 5) is 15.1. The molecule has 2 atom stereocenters. The van der Waals surface area contributed by atoms with E-state index < -0.39 is 15.9 Å². The van der Waals surface area contributed by atoms with Gasteiger partial charge in [0, 0.05) is 19.6 Å². The number of amides is 1. The number of para-hydroxylation sites is 2. The van der Waals surface area contributed by atoms with Crippen LogP contribution in [0.1, 0.15) is 23.2 Å². The van der Waals surface area contributed by atoms with Crippen molar-refractivity contribution in [1.29, 1.82) is 0 Å². The van der Waals surface area contributed by atoms with Gasteiger partial charge in [0.1, 0.15) is 5.75 Å². The fourth-order valence-corrected chi connectivity index (χ4v) is 5.62. The molecular weight excluding hydrogens is 378 g/mol. The molecule has 2 aromatic carbocycles. The van der Waals surface area contributed by atoms with E-state index in [1.165, 1.54) is 7.11 Å². The first kappa shape index (κ1) is 18.9. The molecule has 148 valence electrons. The highest BCUT2D eigenvalue weighted by molar-refractivity contribution is 7.96. The summed E-state index contributed by atoms with van der Waals surface area (Å²) in [5.74, 6) is 0.358. The highest BCUT2D eigenvalue weighted by Crippen LogP contribution is 2.34. The van der Waals surface area contributed by atoms with Gasteiger partial charge in [-0.1, -0.05) is 28.5 Å². The summed E-state index contributed by atoms with van der Waals surface area (Å²) in [6.45, 7) is 1.29. The third kappa shape index (κ3) is 3.39. The van der Waals surface area contributed by atoms with Crippen LogP contribution in [0.4, 0.5) is 5.69 Å². The third-order valence-corrected chi connectivity index (χ3v) is 6.98. The van der Waals surface area contributed by atoms with Crippen molar-refractivity contribution in [2.45, 2.75) is 23.3 Å². The molecule has 1 fully saturated rings. The van der Waals surface area contributed by atoms with Gasteiger partial charge in [0.25, 0.3) is 5.91 Å². The zero-order valence-electron chi connectivity index (χ0n) is 15.6. The molecule has 2 N–H and O–H groups in total. The molecule has 1 amide bonds. The maximum atomic E-state index is 13.1. The molecule has 2 aliphatic heterocycles. The van der Waals surface area contributed by atoms with Crippen LogP contribution in [0.25, 0.3) is 0 Å². The molecule has 0 aliphatic carbocycles. The Balaban J connectivity index is 1.62. The van der Waals surface area contributed by atoms with Crippen LogP contribution in [0, 0.1) is 0 Å². The lowest BCUT2D eigenvalue weighted by atomic mass is 9.89. The molecule has 2 aromatic rings. The van der Waals surface area contributed by atoms with E-state index in [0.717, 1.165) is 0 Å². The Hall–Kier alpha value is -2.42. The van der Waals surface area contributed by atoms with Crippen LogP contribution >= 0.6 is 0 Å². The van der Waals surface area contributed by atoms with Gasteiger partial charge >= 0.3 is 0 Å². The standard InChI is InChI=1S/C20H23N3O4S/c1-27-17-9-4-2-7-15(17)19(24)23-12-6-11-20(14-23)13-21-16-8-3-5-10-18(16)28(25,26)22-20/h2-5,7-10H,6,11-14H2,1H3,(H2-,21,22,25,26). The van der Waals surface area contributed by atoms with Crippen LogP contribution in [0.2, 0.25) is 0 Å². The van der Waals surface area contributed by atoms with Gasteiger partial charge in [-0.25, -0.2) is 0 Å². The lowest BCUT2D eigenvalue weighted by Crippen LogP contribution is -2.63. The Labute approximate surface area is 165 Å². The molecule has 2 heterocycles. The summed E-state index contributed by atoms with van der Waals surface area (Å²) in [6, 6.07) is 13.9. The predicted octanol–water partition coefficient (Wildman–Crippen LogP) is 2.29. The fourth-order valence-electron chi connectivity index (χ4n) is 4.01. The van der Waals surface area contributed by atoms with Gasteiger partial charge in [0.2, 0.25) is 0 Å². The van der Waals surface area contributed by atoms with Gasteiger partial charge < -0.3 is 19.5 Å². The monoisotopic (exact) mass is 401 g/mol. The number of hydrogen-bond donors (Lipinski definition) is 2. The molecule has 0 saturated carbocycles. The van der Waals surface area contributed by atoms with E-state index in [0.29, 0.717) is 49.5 Å². The summed E-state index contributed by atoms with van der Waals surface area (Å²) >= 11 is 0. The first-order valence-corrected chi connectivity index (χ1v) is 10.7. The predicted molar refractivity (Wildman–Crippen MR) is 106 cm³/mol. The zero-order chi connectivity index (χ0) is 19.8. The minimum absolute atomic E-state index is 0.155. The van der Waals surface area contributed by atoms with Gasteiger partial charge in [0.05, 0.1) is 23.9 Å². The Bertz CT molecular complexity index is 951. The molecule has 28 heavy (non-hydrogen) atoms. The second kappa shape index (κ2) is 7.20. The second-order valence-corrected chi connectivity index (χ2v) is 8.92. The van der Waals surface area contributed by atoms with Gasteiger partial charge in [-0.15, -0.1) is 4.72 Å². The number of benzene rings is 2. The average molecular weight is 401 g/mol. The Morgan fingerprint density at radius 1 is 1.21 bits per heavy atom. The zero-order valence-corrected chi connectivity index (χ0v) is 16.5. The summed E-state index contributed by atoms with van der Waals surface area (Å²) < 4.78 is 34.1. The number of nitrogens with zero attached hydrogens (tertiary/aromatic N) is 1. The minimum atomic E-state index is -3.69. The van der Waals surface area contributed by atoms with E-state index in [-0.39, 0.29) is 10.8 Å². The summed E-state index contributed by atoms with van der Waals surface area (Å²) in [5.41, 5.74) is 0.308. The normalized spacial score (nSPS) is 26.9. The Morgan fingerprint density at radius 2 is 1.96 bits per heavy atom. The minimum Gasteiger partial charge on any atom is -0.593 e. The highest BCUT2D eigenvalue weighted by Gasteiger charge is 2.46. The van der Waals surface area contributed by atoms with Crippen molar-refractivity contribution in [2.24, 2.45) is 0 Å². The van der Waals surface area contributed by atoms with Crippen molar-refractivity contribution >= 4 is 22.0 Å². The smallest absolute Gasteiger partial charge is 0.257 e. The molecule has 0 radical (unpaired) electrons. The molecule has 2 unspecified atom stereocenters. The van der Waals surface area contributed by atoms with Crippen molar-refractivity contribution in [3.63, 3.8) is 0 Å². The van der Waals surface area contributed by atoms with Crippen molar-refractivity contribution in [2.75, 3.05) is 32.1 Å². The number of ether oxygens (including phenoxy) is 1. The first-order valence-electron chi connectivity index (χ1n) is 9.23. The van der Waals surface area contributed by atoms with Gasteiger partial charge in [-0.2, -0.15) is 0 Å². The number of carbonyl (C=O) groups excluding carboxylic acids is 1. The first-order chi connectivity index (χ1) is 13.4. The fraction of sp³-hybridized carbons (Fsp3) is 0.350. The number of methoxy groups -OCH3 is 1. The lowest BCUT2D eigenvalue weighted by Gasteiger charge is -2.42. The van der Waals surface area contributed by atoms with Crippen LogP contribution < -0.4 is 14.8 Å². The Kier molecular flexibility index (Phi) is 4.86. The number of hydrogen-bond acceptors (Lipinski definition) is 5. The number of fused-ring (bicyclic) bond motifs is 1. The van der Waals surface area contributed by atoms with Gasteiger partial charge in [-0.05, 0) is 37.1 Å². The third-order valence-electron chi connectivity index (χ3n) is 5.35. The maximum absolute atomic E-state index is 13.1. The van der Waals surface area contributed by atoms with Crippen molar-refractivity contribution in [3.05, 3.63) is 54.1 Å². The van der Waals surface area contributed by atoms with Crippen LogP contribution in [0.5, 0.6) is 5.75 Å². The van der Waals surface area contributed by atoms with E-state index in [4.69, 9.17) is 4.74 Å². The largest absolute Gasteiger partial charge is 0.593 e. The molecule has 1 spiro atoms. The molecular formula is C20H23N3O4S. The van der Waals surface area contributed by atoms with E-state index in [2.05, 4.69) is 10.0 Å². The van der Waals surface area contributed by atoms with E-state index >= 15 is 0 Å². The van der Waals surface area contributed by atoms with Crippen molar-refractivity contribution < 1.29 is 18.3 Å². The topological polar surface area (TPSA) is 93.7 Å². The summed E-state index contributed by atoms with van der Waals surface area (Å²) in [5, 5.41) is 3.26. The molecule has 0 aromatic heterocycles. The molecule has 1 saturated heterocycles. The molecule has 4 rings (SSSR count). The summed E-state index contributed by atoms with van der Waals surface area (Å²) in [7, 11) is -2.16. The van der Waals surface area contributed by atoms with Gasteiger partial charge in [0.15, 0.2) is 15.3 Å². The maximum Gasteiger partial charge on any atom is 0.257 e. The molecule has 2 aliphatic rings. The number of piperidine rings is 1. The molecule has 8 heteroatoms. The van der Waals surface area contributed by atoms with Gasteiger partial charge in [-0.3, -0.25) is 4.79 Å². The number of nitrogens with one attached hydrogen (secondary N) is 2. The lowest BCUT2D eigenvalue weighted by molar-refractivity contribution is 0.0633. The van der Waals surface area contributed by atoms with Crippen molar-refractivity contribution in [1.82, 2.24) is 9.62 Å². The summed E-state index contributed by atoms with van der Waals surface area (Å²) in [6.07, 6.45) is 1.37. The number of sulfonamides is 1. The second-order valence-electron chi connectivity index (χ2n) is 7.27. The quantitative estimate of drug-likeness (QED) is 0.753. The Morgan fingerprint density at radius 3 is 2.79 bits per heavy atom. The van der Waals surface area contributed by atoms with Crippen LogP contribution in [-0.2, 0) is 14.6 Å². The number of anilines is 1. The van der Waals surface area contributed by atoms with E-state index in [9.17, 15) is 13.6 Å². The number of rotatable bonds is 2. The number of likely N-dealkylation sites (tertiary alicyclic amines) is 1. The van der Waals surface area contributed by atoms with Crippen LogP contribution in [-0.4, -0.2) is 47.6 Å². The van der Waals surface area contributed by atoms with Crippen LogP contribution in [0.15, 0.2) is 53.4 Å². The van der Waals surface area contributed by atoms with E-state index in [1.54, 1.807) is 47.4 Å². The number of carbonyl (C=O) groups is 1. The van der Waals surface area contributed by atoms with Crippen molar-refractivity contribution in [3.8, 4) is 5.75 Å². The SMILES string of the molecule is COc1ccccc1C(=O)N1CCCC2(CNc3ccccc3[S+](=O)([O-])N2)C1. The average Bonchev–Trinajstić information content (AvgIpc) is 2.81. The molecule has 7 nitrogen and oxygen atoms in total. The van der Waals surface area contributed by atoms with Crippen LogP contribution in [0.3, 0.4) is 0 Å².